The molecule has 1 atom stereocenters. The lowest BCUT2D eigenvalue weighted by Gasteiger charge is -2.33. The highest BCUT2D eigenvalue weighted by Crippen LogP contribution is 2.24. The summed E-state index contributed by atoms with van der Waals surface area (Å²) in [4.78, 5) is 5.37. The fraction of sp³-hybridized carbons (Fsp3) is 0.947. The van der Waals surface area contributed by atoms with Gasteiger partial charge in [0, 0.05) is 25.5 Å². The van der Waals surface area contributed by atoms with Crippen molar-refractivity contribution in [1.29, 1.82) is 0 Å². The summed E-state index contributed by atoms with van der Waals surface area (Å²) in [5.74, 6) is 0. The van der Waals surface area contributed by atoms with E-state index in [0.29, 0.717) is 6.17 Å². The molecule has 0 saturated carbocycles. The zero-order valence-corrected chi connectivity index (χ0v) is 28.3. The van der Waals surface area contributed by atoms with Gasteiger partial charge in [0.15, 0.2) is 0 Å². The van der Waals surface area contributed by atoms with Gasteiger partial charge in [-0.15, -0.1) is 0 Å². The normalized spacial score (nSPS) is 15.1. The first kappa shape index (κ1) is 37.4. The van der Waals surface area contributed by atoms with Gasteiger partial charge in [-0.3, -0.25) is 0 Å². The van der Waals surface area contributed by atoms with E-state index in [-0.39, 0.29) is 0 Å². The van der Waals surface area contributed by atoms with Gasteiger partial charge in [0.05, 0.1) is 0 Å². The van der Waals surface area contributed by atoms with Crippen molar-refractivity contribution in [2.45, 2.75) is 220 Å². The molecule has 0 radical (unpaired) electrons. The summed E-state index contributed by atoms with van der Waals surface area (Å²) < 4.78 is 0. The highest BCUT2D eigenvalue weighted by atomic mass is 15.4. The highest BCUT2D eigenvalue weighted by molar-refractivity contribution is 4.97. The molecule has 40 heavy (non-hydrogen) atoms. The van der Waals surface area contributed by atoms with E-state index < -0.39 is 0 Å². The smallest absolute Gasteiger partial charge is 0.101 e. The summed E-state index contributed by atoms with van der Waals surface area (Å²) in [5, 5.41) is 0. The minimum atomic E-state index is 0.641. The standard InChI is InChI=1S/C38H76N2/c1-4-7-10-12-14-16-18-19-20-21-22-23-24-26-28-30-33-38-39(34-31-9-6-3)36-37-40(38)35-32-29-27-25-17-15-13-11-8-5-2/h36-38H,4-35H2,1-3H3. The van der Waals surface area contributed by atoms with Crippen LogP contribution in [0.15, 0.2) is 12.4 Å². The Labute approximate surface area is 254 Å². The first-order valence-electron chi connectivity index (χ1n) is 19.0. The fourth-order valence-corrected chi connectivity index (χ4v) is 6.54. The van der Waals surface area contributed by atoms with Crippen molar-refractivity contribution in [2.75, 3.05) is 13.1 Å². The number of hydrogen-bond acceptors (Lipinski definition) is 2. The van der Waals surface area contributed by atoms with E-state index >= 15 is 0 Å². The van der Waals surface area contributed by atoms with Gasteiger partial charge < -0.3 is 9.80 Å². The van der Waals surface area contributed by atoms with E-state index in [1.165, 1.54) is 206 Å². The Bertz CT molecular complexity index is 516. The van der Waals surface area contributed by atoms with Crippen LogP contribution < -0.4 is 0 Å². The molecule has 238 valence electrons. The molecule has 0 aromatic heterocycles. The molecule has 0 saturated heterocycles. The van der Waals surface area contributed by atoms with Crippen LogP contribution in [0.4, 0.5) is 0 Å². The highest BCUT2D eigenvalue weighted by Gasteiger charge is 2.24. The van der Waals surface area contributed by atoms with Gasteiger partial charge in [-0.25, -0.2) is 0 Å². The summed E-state index contributed by atoms with van der Waals surface area (Å²) in [6, 6.07) is 0. The van der Waals surface area contributed by atoms with Crippen LogP contribution in [0.2, 0.25) is 0 Å². The van der Waals surface area contributed by atoms with Gasteiger partial charge >= 0.3 is 0 Å². The Hall–Kier alpha value is -0.660. The Morgan fingerprint density at radius 1 is 0.325 bits per heavy atom. The molecule has 2 nitrogen and oxygen atoms in total. The van der Waals surface area contributed by atoms with Crippen LogP contribution in [0.25, 0.3) is 0 Å². The van der Waals surface area contributed by atoms with Crippen LogP contribution in [0, 0.1) is 0 Å². The summed E-state index contributed by atoms with van der Waals surface area (Å²) in [6.07, 6.45) is 48.5. The van der Waals surface area contributed by atoms with Gasteiger partial charge in [-0.2, -0.15) is 0 Å². The van der Waals surface area contributed by atoms with E-state index in [4.69, 9.17) is 0 Å². The molecule has 0 N–H and O–H groups in total. The maximum Gasteiger partial charge on any atom is 0.101 e. The quantitative estimate of drug-likeness (QED) is 0.0755. The van der Waals surface area contributed by atoms with Crippen LogP contribution in [-0.2, 0) is 0 Å². The van der Waals surface area contributed by atoms with Gasteiger partial charge in [0.1, 0.15) is 6.17 Å². The van der Waals surface area contributed by atoms with Crippen LogP contribution >= 0.6 is 0 Å². The molecule has 2 heteroatoms. The minimum Gasteiger partial charge on any atom is -0.356 e. The lowest BCUT2D eigenvalue weighted by Crippen LogP contribution is -2.39. The van der Waals surface area contributed by atoms with E-state index in [1.807, 2.05) is 0 Å². The van der Waals surface area contributed by atoms with Gasteiger partial charge in [-0.1, -0.05) is 188 Å². The molecular formula is C38H76N2. The third-order valence-electron chi connectivity index (χ3n) is 9.32. The average molecular weight is 561 g/mol. The molecule has 0 amide bonds. The number of unbranched alkanes of at least 4 members (excludes halogenated alkanes) is 26. The molecule has 0 fully saturated rings. The molecule has 0 aromatic carbocycles. The SMILES string of the molecule is CCCCCCCCCCCCCCCCCCC1N(CCCCC)C=CN1CCCCCCCCCCCC. The molecule has 0 spiro atoms. The molecule has 0 aromatic rings. The maximum absolute atomic E-state index is 2.70. The summed E-state index contributed by atoms with van der Waals surface area (Å²) in [7, 11) is 0. The van der Waals surface area contributed by atoms with E-state index in [9.17, 15) is 0 Å². The fourth-order valence-electron chi connectivity index (χ4n) is 6.54. The second-order valence-corrected chi connectivity index (χ2v) is 13.2. The van der Waals surface area contributed by atoms with Crippen molar-refractivity contribution >= 4 is 0 Å². The van der Waals surface area contributed by atoms with Gasteiger partial charge in [0.25, 0.3) is 0 Å². The largest absolute Gasteiger partial charge is 0.356 e. The summed E-state index contributed by atoms with van der Waals surface area (Å²) in [5.41, 5.74) is 0. The van der Waals surface area contributed by atoms with Crippen LogP contribution in [0.3, 0.4) is 0 Å². The summed E-state index contributed by atoms with van der Waals surface area (Å²) >= 11 is 0. The molecule has 1 unspecified atom stereocenters. The average Bonchev–Trinajstić information content (AvgIpc) is 3.35. The molecule has 0 bridgehead atoms. The third kappa shape index (κ3) is 22.0. The second kappa shape index (κ2) is 29.8. The number of hydrogen-bond donors (Lipinski definition) is 0. The Balaban J connectivity index is 2.07. The second-order valence-electron chi connectivity index (χ2n) is 13.2. The summed E-state index contributed by atoms with van der Waals surface area (Å²) in [6.45, 7) is 9.46. The Morgan fingerprint density at radius 3 is 0.925 bits per heavy atom. The topological polar surface area (TPSA) is 6.48 Å². The van der Waals surface area contributed by atoms with Crippen LogP contribution in [0.1, 0.15) is 213 Å². The van der Waals surface area contributed by atoms with Crippen LogP contribution in [-0.4, -0.2) is 29.1 Å². The predicted octanol–water partition coefficient (Wildman–Crippen LogP) is 13.2. The Morgan fingerprint density at radius 2 is 0.575 bits per heavy atom. The lowest BCUT2D eigenvalue weighted by atomic mass is 10.0. The minimum absolute atomic E-state index is 0.641. The van der Waals surface area contributed by atoms with Gasteiger partial charge in [0.2, 0.25) is 0 Å². The molecule has 1 heterocycles. The third-order valence-corrected chi connectivity index (χ3v) is 9.32. The molecule has 1 rings (SSSR count). The zero-order valence-electron chi connectivity index (χ0n) is 28.3. The van der Waals surface area contributed by atoms with E-state index in [0.717, 1.165) is 0 Å². The first-order valence-corrected chi connectivity index (χ1v) is 19.0. The van der Waals surface area contributed by atoms with Crippen LogP contribution in [0.5, 0.6) is 0 Å². The zero-order chi connectivity index (χ0) is 28.8. The molecular weight excluding hydrogens is 484 g/mol. The lowest BCUT2D eigenvalue weighted by molar-refractivity contribution is 0.135. The van der Waals surface area contributed by atoms with Crippen molar-refractivity contribution in [1.82, 2.24) is 9.80 Å². The maximum atomic E-state index is 2.70. The van der Waals surface area contributed by atoms with Crippen molar-refractivity contribution in [3.63, 3.8) is 0 Å². The molecule has 1 aliphatic heterocycles. The number of nitrogens with zero attached hydrogens (tertiary/aromatic N) is 2. The number of rotatable bonds is 32. The van der Waals surface area contributed by atoms with Gasteiger partial charge in [-0.05, 0) is 25.7 Å². The predicted molar refractivity (Wildman–Crippen MR) is 182 cm³/mol. The van der Waals surface area contributed by atoms with Crippen molar-refractivity contribution in [3.05, 3.63) is 12.4 Å². The molecule has 0 aliphatic carbocycles. The van der Waals surface area contributed by atoms with Crippen molar-refractivity contribution < 1.29 is 0 Å². The van der Waals surface area contributed by atoms with E-state index in [2.05, 4.69) is 43.0 Å². The molecule has 1 aliphatic rings. The first-order chi connectivity index (χ1) is 19.8. The van der Waals surface area contributed by atoms with Crippen molar-refractivity contribution in [3.8, 4) is 0 Å². The van der Waals surface area contributed by atoms with E-state index in [1.54, 1.807) is 0 Å². The van der Waals surface area contributed by atoms with Crippen molar-refractivity contribution in [2.24, 2.45) is 0 Å². The monoisotopic (exact) mass is 561 g/mol. The Kier molecular flexibility index (Phi) is 27.9.